The average molecular weight is 279 g/mol. The average Bonchev–Trinajstić information content (AvgIpc) is 3.19. The van der Waals surface area contributed by atoms with Crippen LogP contribution in [0.2, 0.25) is 0 Å². The second-order valence-corrected chi connectivity index (χ2v) is 6.65. The maximum Gasteiger partial charge on any atom is 0.166 e. The summed E-state index contributed by atoms with van der Waals surface area (Å²) >= 11 is 2.01. The number of methoxy groups -OCH3 is 1. The molecule has 0 amide bonds. The quantitative estimate of drug-likeness (QED) is 0.920. The third kappa shape index (κ3) is 2.70. The van der Waals surface area contributed by atoms with Crippen molar-refractivity contribution in [1.82, 2.24) is 0 Å². The fourth-order valence-corrected chi connectivity index (χ4v) is 3.62. The van der Waals surface area contributed by atoms with E-state index in [1.807, 2.05) is 23.9 Å². The molecule has 0 atom stereocenters. The summed E-state index contributed by atoms with van der Waals surface area (Å²) in [6.07, 6.45) is 4.60. The lowest BCUT2D eigenvalue weighted by molar-refractivity contribution is 0.181. The van der Waals surface area contributed by atoms with E-state index in [1.165, 1.54) is 11.5 Å². The van der Waals surface area contributed by atoms with Crippen LogP contribution >= 0.6 is 11.8 Å². The van der Waals surface area contributed by atoms with E-state index < -0.39 is 0 Å². The molecule has 1 saturated heterocycles. The van der Waals surface area contributed by atoms with Crippen molar-refractivity contribution in [2.45, 2.75) is 37.3 Å². The molecule has 3 rings (SSSR count). The van der Waals surface area contributed by atoms with Crippen LogP contribution < -0.4 is 15.2 Å². The third-order valence-corrected chi connectivity index (χ3v) is 5.03. The molecule has 1 saturated carbocycles. The summed E-state index contributed by atoms with van der Waals surface area (Å²) in [5.41, 5.74) is 7.29. The molecule has 1 aliphatic carbocycles. The van der Waals surface area contributed by atoms with Gasteiger partial charge < -0.3 is 15.2 Å². The molecule has 104 valence electrons. The summed E-state index contributed by atoms with van der Waals surface area (Å²) in [5, 5.41) is 0. The highest BCUT2D eigenvalue weighted by molar-refractivity contribution is 7.99. The minimum Gasteiger partial charge on any atom is -0.493 e. The van der Waals surface area contributed by atoms with Gasteiger partial charge in [-0.3, -0.25) is 0 Å². The van der Waals surface area contributed by atoms with Gasteiger partial charge in [-0.25, -0.2) is 0 Å². The van der Waals surface area contributed by atoms with Crippen LogP contribution in [0.3, 0.4) is 0 Å². The van der Waals surface area contributed by atoms with Crippen LogP contribution in [0.15, 0.2) is 18.2 Å². The first-order valence-electron chi connectivity index (χ1n) is 6.94. The molecule has 1 aliphatic heterocycles. The molecule has 0 spiro atoms. The van der Waals surface area contributed by atoms with Crippen molar-refractivity contribution >= 4 is 11.8 Å². The fourth-order valence-electron chi connectivity index (χ4n) is 2.55. The van der Waals surface area contributed by atoms with Crippen LogP contribution in [-0.2, 0) is 5.54 Å². The third-order valence-electron chi connectivity index (χ3n) is 3.98. The Labute approximate surface area is 118 Å². The molecule has 19 heavy (non-hydrogen) atoms. The predicted octanol–water partition coefficient (Wildman–Crippen LogP) is 2.92. The van der Waals surface area contributed by atoms with Crippen molar-refractivity contribution in [3.8, 4) is 11.5 Å². The Kier molecular flexibility index (Phi) is 3.63. The Hall–Kier alpha value is -0.870. The highest BCUT2D eigenvalue weighted by Crippen LogP contribution is 2.49. The molecule has 1 aromatic carbocycles. The van der Waals surface area contributed by atoms with E-state index >= 15 is 0 Å². The number of hydrogen-bond acceptors (Lipinski definition) is 4. The lowest BCUT2D eigenvalue weighted by Gasteiger charge is -2.26. The maximum atomic E-state index is 6.36. The van der Waals surface area contributed by atoms with Crippen molar-refractivity contribution in [3.63, 3.8) is 0 Å². The van der Waals surface area contributed by atoms with E-state index in [4.69, 9.17) is 15.2 Å². The molecule has 0 aromatic heterocycles. The van der Waals surface area contributed by atoms with Crippen molar-refractivity contribution in [2.75, 3.05) is 18.6 Å². The van der Waals surface area contributed by atoms with Gasteiger partial charge in [-0.05, 0) is 43.3 Å². The van der Waals surface area contributed by atoms with Gasteiger partial charge in [-0.2, -0.15) is 11.8 Å². The van der Waals surface area contributed by atoms with Gasteiger partial charge in [0.1, 0.15) is 6.10 Å². The Bertz CT molecular complexity index is 453. The Morgan fingerprint density at radius 1 is 1.26 bits per heavy atom. The van der Waals surface area contributed by atoms with Crippen molar-refractivity contribution in [3.05, 3.63) is 23.8 Å². The zero-order valence-electron chi connectivity index (χ0n) is 11.4. The number of hydrogen-bond donors (Lipinski definition) is 1. The molecular weight excluding hydrogens is 258 g/mol. The number of nitrogens with two attached hydrogens (primary N) is 1. The second-order valence-electron chi connectivity index (χ2n) is 5.42. The summed E-state index contributed by atoms with van der Waals surface area (Å²) in [4.78, 5) is 0. The highest BCUT2D eigenvalue weighted by atomic mass is 32.2. The van der Waals surface area contributed by atoms with E-state index in [2.05, 4.69) is 6.07 Å². The zero-order valence-corrected chi connectivity index (χ0v) is 12.2. The number of thioether (sulfide) groups is 1. The first-order chi connectivity index (χ1) is 9.23. The molecule has 1 aromatic rings. The Morgan fingerprint density at radius 2 is 2.00 bits per heavy atom. The number of rotatable bonds is 4. The SMILES string of the molecule is COc1cccc(C2(N)CC2)c1OC1CCSCC1. The first-order valence-corrected chi connectivity index (χ1v) is 8.09. The molecular formula is C15H21NO2S. The molecule has 0 bridgehead atoms. The smallest absolute Gasteiger partial charge is 0.166 e. The minimum atomic E-state index is -0.187. The monoisotopic (exact) mass is 279 g/mol. The van der Waals surface area contributed by atoms with Gasteiger partial charge in [0.05, 0.1) is 7.11 Å². The van der Waals surface area contributed by atoms with E-state index in [0.717, 1.165) is 42.7 Å². The molecule has 2 aliphatic rings. The predicted molar refractivity (Wildman–Crippen MR) is 79.1 cm³/mol. The Balaban J connectivity index is 1.88. The van der Waals surface area contributed by atoms with Gasteiger partial charge in [0, 0.05) is 11.1 Å². The molecule has 3 nitrogen and oxygen atoms in total. The summed E-state index contributed by atoms with van der Waals surface area (Å²) in [6.45, 7) is 0. The lowest BCUT2D eigenvalue weighted by atomic mass is 10.0. The molecule has 4 heteroatoms. The topological polar surface area (TPSA) is 44.5 Å². The Morgan fingerprint density at radius 3 is 2.63 bits per heavy atom. The number of benzene rings is 1. The van der Waals surface area contributed by atoms with Crippen molar-refractivity contribution in [1.29, 1.82) is 0 Å². The van der Waals surface area contributed by atoms with Gasteiger partial charge in [-0.1, -0.05) is 12.1 Å². The summed E-state index contributed by atoms with van der Waals surface area (Å²) in [7, 11) is 1.69. The van der Waals surface area contributed by atoms with E-state index in [1.54, 1.807) is 7.11 Å². The van der Waals surface area contributed by atoms with Crippen molar-refractivity contribution < 1.29 is 9.47 Å². The standard InChI is InChI=1S/C15H21NO2S/c1-17-13-4-2-3-12(15(16)7-8-15)14(13)18-11-5-9-19-10-6-11/h2-4,11H,5-10,16H2,1H3. The van der Waals surface area contributed by atoms with Gasteiger partial charge in [0.2, 0.25) is 0 Å². The first kappa shape index (κ1) is 13.1. The molecule has 0 radical (unpaired) electrons. The van der Waals surface area contributed by atoms with E-state index in [0.29, 0.717) is 6.10 Å². The second kappa shape index (κ2) is 5.25. The van der Waals surface area contributed by atoms with E-state index in [9.17, 15) is 0 Å². The molecule has 2 N–H and O–H groups in total. The molecule has 0 unspecified atom stereocenters. The highest BCUT2D eigenvalue weighted by Gasteiger charge is 2.43. The summed E-state index contributed by atoms with van der Waals surface area (Å²) in [6, 6.07) is 6.05. The number of para-hydroxylation sites is 1. The van der Waals surface area contributed by atoms with Crippen LogP contribution in [0.1, 0.15) is 31.2 Å². The van der Waals surface area contributed by atoms with Crippen molar-refractivity contribution in [2.24, 2.45) is 5.73 Å². The fraction of sp³-hybridized carbons (Fsp3) is 0.600. The number of ether oxygens (including phenoxy) is 2. The molecule has 1 heterocycles. The van der Waals surface area contributed by atoms with Crippen LogP contribution in [0.4, 0.5) is 0 Å². The zero-order chi connectivity index (χ0) is 13.3. The van der Waals surface area contributed by atoms with Crippen LogP contribution in [0.5, 0.6) is 11.5 Å². The van der Waals surface area contributed by atoms with Crippen LogP contribution in [-0.4, -0.2) is 24.7 Å². The van der Waals surface area contributed by atoms with Gasteiger partial charge in [0.15, 0.2) is 11.5 Å². The van der Waals surface area contributed by atoms with Gasteiger partial charge >= 0.3 is 0 Å². The maximum absolute atomic E-state index is 6.36. The normalized spacial score (nSPS) is 22.0. The van der Waals surface area contributed by atoms with E-state index in [-0.39, 0.29) is 5.54 Å². The largest absolute Gasteiger partial charge is 0.493 e. The minimum absolute atomic E-state index is 0.187. The lowest BCUT2D eigenvalue weighted by Crippen LogP contribution is -2.26. The molecule has 2 fully saturated rings. The van der Waals surface area contributed by atoms with Crippen LogP contribution in [0, 0.1) is 0 Å². The van der Waals surface area contributed by atoms with Crippen LogP contribution in [0.25, 0.3) is 0 Å². The van der Waals surface area contributed by atoms with Gasteiger partial charge in [0.25, 0.3) is 0 Å². The van der Waals surface area contributed by atoms with Gasteiger partial charge in [-0.15, -0.1) is 0 Å². The summed E-state index contributed by atoms with van der Waals surface area (Å²) < 4.78 is 11.7. The summed E-state index contributed by atoms with van der Waals surface area (Å²) in [5.74, 6) is 4.06.